The van der Waals surface area contributed by atoms with E-state index >= 15 is 0 Å². The van der Waals surface area contributed by atoms with Gasteiger partial charge in [0.15, 0.2) is 4.80 Å². The van der Waals surface area contributed by atoms with Gasteiger partial charge in [0.1, 0.15) is 0 Å². The number of nitro groups is 1. The Morgan fingerprint density at radius 1 is 1.31 bits per heavy atom. The van der Waals surface area contributed by atoms with Crippen LogP contribution in [0.3, 0.4) is 0 Å². The van der Waals surface area contributed by atoms with Gasteiger partial charge in [-0.1, -0.05) is 34.8 Å². The van der Waals surface area contributed by atoms with Gasteiger partial charge in [0.2, 0.25) is 0 Å². The zero-order chi connectivity index (χ0) is 18.5. The highest BCUT2D eigenvalue weighted by molar-refractivity contribution is 7.16. The highest BCUT2D eigenvalue weighted by atomic mass is 32.1. The highest BCUT2D eigenvalue weighted by Gasteiger charge is 2.09. The number of methoxy groups -OCH3 is 1. The maximum Gasteiger partial charge on any atom is 0.324 e. The van der Waals surface area contributed by atoms with E-state index < -0.39 is 10.8 Å². The van der Waals surface area contributed by atoms with Gasteiger partial charge in [0.05, 0.1) is 21.7 Å². The second-order valence-electron chi connectivity index (χ2n) is 5.21. The third kappa shape index (κ3) is 4.13. The van der Waals surface area contributed by atoms with Crippen molar-refractivity contribution in [2.75, 3.05) is 13.7 Å². The predicted octanol–water partition coefficient (Wildman–Crippen LogP) is 3.46. The first-order chi connectivity index (χ1) is 12.6. The molecular weight excluding hydrogens is 374 g/mol. The lowest BCUT2D eigenvalue weighted by Crippen LogP contribution is -2.18. The lowest BCUT2D eigenvalue weighted by atomic mass is 10.3. The van der Waals surface area contributed by atoms with E-state index in [-0.39, 0.29) is 5.00 Å². The van der Waals surface area contributed by atoms with Gasteiger partial charge >= 0.3 is 5.00 Å². The van der Waals surface area contributed by atoms with Crippen molar-refractivity contribution in [3.63, 3.8) is 0 Å². The fourth-order valence-electron chi connectivity index (χ4n) is 2.32. The highest BCUT2D eigenvalue weighted by Crippen LogP contribution is 2.24. The topological polar surface area (TPSA) is 86.7 Å². The minimum Gasteiger partial charge on any atom is -0.383 e. The normalized spacial score (nSPS) is 12.3. The molecule has 0 saturated carbocycles. The van der Waals surface area contributed by atoms with E-state index in [1.54, 1.807) is 13.2 Å². The van der Waals surface area contributed by atoms with Crippen LogP contribution in [0.4, 0.5) is 5.00 Å². The summed E-state index contributed by atoms with van der Waals surface area (Å²) in [6.07, 6.45) is 2.86. The Morgan fingerprint density at radius 3 is 2.85 bits per heavy atom. The Bertz CT molecular complexity index is 1050. The standard InChI is InChI=1S/C17H15N3O4S2/c1-24-11-10-19-13-4-2-3-5-14(13)26-17(19)18-15(21)8-6-12-7-9-16(25-12)20(22)23/h2-9H,10-11H2,1H3/b8-6-,18-17?. The quantitative estimate of drug-likeness (QED) is 0.367. The Balaban J connectivity index is 1.89. The lowest BCUT2D eigenvalue weighted by molar-refractivity contribution is -0.380. The summed E-state index contributed by atoms with van der Waals surface area (Å²) in [5.74, 6) is -0.418. The van der Waals surface area contributed by atoms with E-state index in [4.69, 9.17) is 4.74 Å². The van der Waals surface area contributed by atoms with Crippen LogP contribution in [0.1, 0.15) is 4.88 Å². The molecule has 0 saturated heterocycles. The van der Waals surface area contributed by atoms with Crippen molar-refractivity contribution < 1.29 is 14.5 Å². The number of ether oxygens (including phenoxy) is 1. The number of carbonyl (C=O) groups excluding carboxylic acids is 1. The molecular formula is C17H15N3O4S2. The fraction of sp³-hybridized carbons (Fsp3) is 0.176. The number of hydrogen-bond acceptors (Lipinski definition) is 6. The van der Waals surface area contributed by atoms with Gasteiger partial charge < -0.3 is 9.30 Å². The van der Waals surface area contributed by atoms with Crippen molar-refractivity contribution in [1.82, 2.24) is 4.57 Å². The van der Waals surface area contributed by atoms with E-state index in [0.717, 1.165) is 21.6 Å². The first-order valence-electron chi connectivity index (χ1n) is 7.67. The van der Waals surface area contributed by atoms with E-state index in [1.807, 2.05) is 28.8 Å². The molecule has 1 amide bonds. The minimum atomic E-state index is -0.454. The number of carbonyl (C=O) groups is 1. The van der Waals surface area contributed by atoms with Crippen LogP contribution in [0.5, 0.6) is 0 Å². The Morgan fingerprint density at radius 2 is 2.12 bits per heavy atom. The zero-order valence-electron chi connectivity index (χ0n) is 13.8. The van der Waals surface area contributed by atoms with Gasteiger partial charge in [-0.2, -0.15) is 4.99 Å². The average Bonchev–Trinajstić information content (AvgIpc) is 3.23. The van der Waals surface area contributed by atoms with Crippen molar-refractivity contribution in [2.24, 2.45) is 4.99 Å². The van der Waals surface area contributed by atoms with Crippen molar-refractivity contribution in [3.8, 4) is 0 Å². The van der Waals surface area contributed by atoms with Crippen LogP contribution in [0.2, 0.25) is 0 Å². The molecule has 3 rings (SSSR count). The second-order valence-corrected chi connectivity index (χ2v) is 7.32. The first-order valence-corrected chi connectivity index (χ1v) is 9.30. The van der Waals surface area contributed by atoms with Crippen LogP contribution in [0.25, 0.3) is 16.3 Å². The predicted molar refractivity (Wildman–Crippen MR) is 102 cm³/mol. The molecule has 0 spiro atoms. The molecule has 0 fully saturated rings. The monoisotopic (exact) mass is 389 g/mol. The number of rotatable bonds is 6. The summed E-state index contributed by atoms with van der Waals surface area (Å²) in [6, 6.07) is 10.8. The van der Waals surface area contributed by atoms with Crippen LogP contribution >= 0.6 is 22.7 Å². The number of thiophene rings is 1. The first kappa shape index (κ1) is 18.2. The summed E-state index contributed by atoms with van der Waals surface area (Å²) in [6.45, 7) is 1.10. The summed E-state index contributed by atoms with van der Waals surface area (Å²) >= 11 is 2.44. The fourth-order valence-corrected chi connectivity index (χ4v) is 4.11. The second kappa shape index (κ2) is 8.17. The molecule has 0 aliphatic carbocycles. The molecule has 0 unspecified atom stereocenters. The summed E-state index contributed by atoms with van der Waals surface area (Å²) in [5.41, 5.74) is 0.999. The van der Waals surface area contributed by atoms with Crippen molar-refractivity contribution in [2.45, 2.75) is 6.54 Å². The molecule has 7 nitrogen and oxygen atoms in total. The number of aromatic nitrogens is 1. The molecule has 0 aliphatic heterocycles. The summed E-state index contributed by atoms with van der Waals surface area (Å²) in [4.78, 5) is 27.9. The van der Waals surface area contributed by atoms with Gasteiger partial charge in [-0.25, -0.2) is 0 Å². The molecule has 2 heterocycles. The average molecular weight is 389 g/mol. The van der Waals surface area contributed by atoms with Crippen LogP contribution in [0.15, 0.2) is 47.5 Å². The summed E-state index contributed by atoms with van der Waals surface area (Å²) in [7, 11) is 1.63. The van der Waals surface area contributed by atoms with Crippen LogP contribution in [-0.4, -0.2) is 29.1 Å². The maximum absolute atomic E-state index is 12.2. The number of para-hydroxylation sites is 1. The number of hydrogen-bond donors (Lipinski definition) is 0. The SMILES string of the molecule is COCCn1c(=NC(=O)/C=C\c2ccc([N+](=O)[O-])s2)sc2ccccc21. The van der Waals surface area contributed by atoms with Crippen LogP contribution in [-0.2, 0) is 16.1 Å². The van der Waals surface area contributed by atoms with Gasteiger partial charge in [0, 0.05) is 30.7 Å². The third-order valence-corrected chi connectivity index (χ3v) is 5.56. The number of nitrogens with zero attached hydrogens (tertiary/aromatic N) is 3. The van der Waals surface area contributed by atoms with Crippen molar-refractivity contribution in [1.29, 1.82) is 0 Å². The summed E-state index contributed by atoms with van der Waals surface area (Å²) < 4.78 is 8.13. The Kier molecular flexibility index (Phi) is 5.71. The third-order valence-electron chi connectivity index (χ3n) is 3.50. The van der Waals surface area contributed by atoms with Crippen LogP contribution in [0, 0.1) is 10.1 Å². The molecule has 3 aromatic rings. The smallest absolute Gasteiger partial charge is 0.324 e. The number of benzene rings is 1. The maximum atomic E-state index is 12.2. The number of amides is 1. The van der Waals surface area contributed by atoms with Crippen molar-refractivity contribution in [3.05, 3.63) is 62.3 Å². The molecule has 2 aromatic heterocycles. The number of fused-ring (bicyclic) bond motifs is 1. The number of thiazole rings is 1. The lowest BCUT2D eigenvalue weighted by Gasteiger charge is -2.03. The molecule has 0 N–H and O–H groups in total. The Hall–Kier alpha value is -2.62. The van der Waals surface area contributed by atoms with Gasteiger partial charge in [-0.15, -0.1) is 0 Å². The van der Waals surface area contributed by atoms with Crippen LogP contribution < -0.4 is 4.80 Å². The molecule has 0 aliphatic rings. The van der Waals surface area contributed by atoms with E-state index in [2.05, 4.69) is 4.99 Å². The molecule has 26 heavy (non-hydrogen) atoms. The van der Waals surface area contributed by atoms with Crippen molar-refractivity contribution >= 4 is 49.9 Å². The van der Waals surface area contributed by atoms with Gasteiger partial charge in [0.25, 0.3) is 5.91 Å². The molecule has 0 radical (unpaired) electrons. The Labute approximate surface area is 156 Å². The van der Waals surface area contributed by atoms with E-state index in [1.165, 1.54) is 29.6 Å². The van der Waals surface area contributed by atoms with E-state index in [0.29, 0.717) is 22.8 Å². The molecule has 0 bridgehead atoms. The zero-order valence-corrected chi connectivity index (χ0v) is 15.5. The van der Waals surface area contributed by atoms with Gasteiger partial charge in [-0.05, 0) is 24.3 Å². The molecule has 0 atom stereocenters. The molecule has 134 valence electrons. The van der Waals surface area contributed by atoms with E-state index in [9.17, 15) is 14.9 Å². The molecule has 9 heteroatoms. The molecule has 1 aromatic carbocycles. The summed E-state index contributed by atoms with van der Waals surface area (Å²) in [5, 5.41) is 10.7. The largest absolute Gasteiger partial charge is 0.383 e. The minimum absolute atomic E-state index is 0.0379. The van der Waals surface area contributed by atoms with Gasteiger partial charge in [-0.3, -0.25) is 14.9 Å².